The first-order valence-corrected chi connectivity index (χ1v) is 6.97. The summed E-state index contributed by atoms with van der Waals surface area (Å²) in [7, 11) is -1.44. The van der Waals surface area contributed by atoms with Gasteiger partial charge < -0.3 is 10.3 Å². The van der Waals surface area contributed by atoms with Gasteiger partial charge in [-0.3, -0.25) is 0 Å². The second kappa shape index (κ2) is 3.77. The molecule has 0 amide bonds. The quantitative estimate of drug-likeness (QED) is 0.831. The van der Waals surface area contributed by atoms with E-state index < -0.39 is 15.1 Å². The molecule has 92 valence electrons. The Morgan fingerprint density at radius 2 is 1.94 bits per heavy atom. The van der Waals surface area contributed by atoms with Gasteiger partial charge in [0.1, 0.15) is 0 Å². The number of sulfone groups is 1. The van der Waals surface area contributed by atoms with Gasteiger partial charge in [0.05, 0.1) is 15.7 Å². The molecule has 2 aromatic rings. The maximum Gasteiger partial charge on any atom is 0.181 e. The highest BCUT2D eigenvalue weighted by atomic mass is 32.2. The van der Waals surface area contributed by atoms with Crippen LogP contribution in [0.4, 0.5) is 5.69 Å². The lowest BCUT2D eigenvalue weighted by atomic mass is 10.2. The first-order chi connectivity index (χ1) is 7.84. The zero-order chi connectivity index (χ0) is 12.8. The van der Waals surface area contributed by atoms with Gasteiger partial charge in [0.2, 0.25) is 0 Å². The molecule has 17 heavy (non-hydrogen) atoms. The van der Waals surface area contributed by atoms with Gasteiger partial charge in [-0.25, -0.2) is 8.42 Å². The van der Waals surface area contributed by atoms with Gasteiger partial charge in [0.15, 0.2) is 9.84 Å². The number of nitrogens with zero attached hydrogens (tertiary/aromatic N) is 1. The molecule has 5 heteroatoms. The highest BCUT2D eigenvalue weighted by Crippen LogP contribution is 2.29. The zero-order valence-electron chi connectivity index (χ0n) is 10.1. The molecule has 0 radical (unpaired) electrons. The predicted octanol–water partition coefficient (Wildman–Crippen LogP) is 1.94. The summed E-state index contributed by atoms with van der Waals surface area (Å²) < 4.78 is 26.4. The van der Waals surface area contributed by atoms with Gasteiger partial charge in [-0.15, -0.1) is 0 Å². The monoisotopic (exact) mass is 252 g/mol. The van der Waals surface area contributed by atoms with Crippen molar-refractivity contribution in [2.45, 2.75) is 24.0 Å². The number of rotatable bonds is 2. The summed E-state index contributed by atoms with van der Waals surface area (Å²) >= 11 is 0. The number of hydrogen-bond donors (Lipinski definition) is 1. The molecule has 0 bridgehead atoms. The summed E-state index contributed by atoms with van der Waals surface area (Å²) in [6, 6.07) is 5.14. The minimum atomic E-state index is -3.31. The lowest BCUT2D eigenvalue weighted by Gasteiger charge is -2.10. The van der Waals surface area contributed by atoms with Crippen LogP contribution in [0, 0.1) is 0 Å². The molecule has 1 aromatic carbocycles. The maximum atomic E-state index is 12.2. The SMILES string of the molecule is CC(C)S(=O)(=O)c1cc(N)cc2c1ccn2C. The number of hydrogen-bond acceptors (Lipinski definition) is 3. The van der Waals surface area contributed by atoms with Gasteiger partial charge in [-0.2, -0.15) is 0 Å². The highest BCUT2D eigenvalue weighted by Gasteiger charge is 2.22. The van der Waals surface area contributed by atoms with Crippen LogP contribution < -0.4 is 5.73 Å². The molecule has 2 rings (SSSR count). The number of nitrogens with two attached hydrogens (primary N) is 1. The molecular weight excluding hydrogens is 236 g/mol. The van der Waals surface area contributed by atoms with Crippen LogP contribution in [0.25, 0.3) is 10.9 Å². The fourth-order valence-corrected chi connectivity index (χ4v) is 3.14. The molecule has 0 aliphatic carbocycles. The normalized spacial score (nSPS) is 12.5. The molecule has 0 aliphatic heterocycles. The van der Waals surface area contributed by atoms with Gasteiger partial charge in [0, 0.05) is 24.3 Å². The number of nitrogen functional groups attached to an aromatic ring is 1. The Morgan fingerprint density at radius 3 is 2.53 bits per heavy atom. The zero-order valence-corrected chi connectivity index (χ0v) is 11.0. The summed E-state index contributed by atoms with van der Waals surface area (Å²) in [5, 5.41) is 0.281. The minimum Gasteiger partial charge on any atom is -0.399 e. The fourth-order valence-electron chi connectivity index (χ4n) is 1.85. The molecule has 4 nitrogen and oxygen atoms in total. The lowest BCUT2D eigenvalue weighted by Crippen LogP contribution is -2.14. The van der Waals surface area contributed by atoms with E-state index in [0.29, 0.717) is 10.6 Å². The average molecular weight is 252 g/mol. The van der Waals surface area contributed by atoms with Crippen LogP contribution in [0.15, 0.2) is 29.3 Å². The molecular formula is C12H16N2O2S. The van der Waals surface area contributed by atoms with Gasteiger partial charge in [0.25, 0.3) is 0 Å². The van der Waals surface area contributed by atoms with Crippen LogP contribution in [-0.2, 0) is 16.9 Å². The standard InChI is InChI=1S/C12H16N2O2S/c1-8(2)17(15,16)12-7-9(13)6-11-10(12)4-5-14(11)3/h4-8H,13H2,1-3H3. The van der Waals surface area contributed by atoms with Crippen molar-refractivity contribution in [3.8, 4) is 0 Å². The van der Waals surface area contributed by atoms with E-state index in [9.17, 15) is 8.42 Å². The van der Waals surface area contributed by atoms with E-state index in [1.165, 1.54) is 6.07 Å². The van der Waals surface area contributed by atoms with Crippen LogP contribution >= 0.6 is 0 Å². The topological polar surface area (TPSA) is 65.1 Å². The van der Waals surface area contributed by atoms with Crippen LogP contribution in [0.5, 0.6) is 0 Å². The Hall–Kier alpha value is -1.49. The Morgan fingerprint density at radius 1 is 1.29 bits per heavy atom. The van der Waals surface area contributed by atoms with Crippen LogP contribution in [0.3, 0.4) is 0 Å². The molecule has 1 aromatic heterocycles. The fraction of sp³-hybridized carbons (Fsp3) is 0.333. The third kappa shape index (κ3) is 1.80. The first-order valence-electron chi connectivity index (χ1n) is 5.42. The van der Waals surface area contributed by atoms with Crippen molar-refractivity contribution in [2.24, 2.45) is 7.05 Å². The van der Waals surface area contributed by atoms with E-state index in [2.05, 4.69) is 0 Å². The third-order valence-electron chi connectivity index (χ3n) is 2.91. The smallest absolute Gasteiger partial charge is 0.181 e. The summed E-state index contributed by atoms with van der Waals surface area (Å²) in [5.41, 5.74) is 7.08. The second-order valence-corrected chi connectivity index (χ2v) is 6.94. The van der Waals surface area contributed by atoms with Crippen molar-refractivity contribution in [3.63, 3.8) is 0 Å². The highest BCUT2D eigenvalue weighted by molar-refractivity contribution is 7.92. The molecule has 2 N–H and O–H groups in total. The van der Waals surface area contributed by atoms with Crippen LogP contribution in [0.1, 0.15) is 13.8 Å². The first kappa shape index (κ1) is 12.0. The van der Waals surface area contributed by atoms with E-state index in [-0.39, 0.29) is 0 Å². The van der Waals surface area contributed by atoms with Crippen LogP contribution in [0.2, 0.25) is 0 Å². The molecule has 0 saturated heterocycles. The Bertz CT molecular complexity index is 669. The minimum absolute atomic E-state index is 0.322. The molecule has 0 aliphatic rings. The molecule has 0 fully saturated rings. The van der Waals surface area contributed by atoms with Gasteiger partial charge in [-0.05, 0) is 32.0 Å². The maximum absolute atomic E-state index is 12.2. The van der Waals surface area contributed by atoms with Crippen molar-refractivity contribution in [1.29, 1.82) is 0 Å². The number of anilines is 1. The van der Waals surface area contributed by atoms with Crippen molar-refractivity contribution >= 4 is 26.4 Å². The molecule has 0 atom stereocenters. The Labute approximate surface area is 101 Å². The number of aromatic nitrogens is 1. The third-order valence-corrected chi connectivity index (χ3v) is 5.11. The number of benzene rings is 1. The number of aryl methyl sites for hydroxylation is 1. The molecule has 0 saturated carbocycles. The van der Waals surface area contributed by atoms with Gasteiger partial charge in [-0.1, -0.05) is 0 Å². The average Bonchev–Trinajstić information content (AvgIpc) is 2.59. The van der Waals surface area contributed by atoms with Crippen molar-refractivity contribution < 1.29 is 8.42 Å². The predicted molar refractivity (Wildman–Crippen MR) is 69.7 cm³/mol. The van der Waals surface area contributed by atoms with Crippen molar-refractivity contribution in [1.82, 2.24) is 4.57 Å². The number of fused-ring (bicyclic) bond motifs is 1. The summed E-state index contributed by atoms with van der Waals surface area (Å²) in [5.74, 6) is 0. The largest absolute Gasteiger partial charge is 0.399 e. The van der Waals surface area contributed by atoms with E-state index >= 15 is 0 Å². The van der Waals surface area contributed by atoms with Gasteiger partial charge >= 0.3 is 0 Å². The Balaban J connectivity index is 2.87. The molecule has 0 unspecified atom stereocenters. The molecule has 0 spiro atoms. The second-order valence-electron chi connectivity index (χ2n) is 4.47. The van der Waals surface area contributed by atoms with E-state index in [1.807, 2.05) is 23.9 Å². The Kier molecular flexibility index (Phi) is 2.66. The van der Waals surface area contributed by atoms with Crippen molar-refractivity contribution in [2.75, 3.05) is 5.73 Å². The molecule has 1 heterocycles. The lowest BCUT2D eigenvalue weighted by molar-refractivity contribution is 0.588. The summed E-state index contributed by atoms with van der Waals surface area (Å²) in [6.07, 6.45) is 1.84. The van der Waals surface area contributed by atoms with Crippen molar-refractivity contribution in [3.05, 3.63) is 24.4 Å². The summed E-state index contributed by atoms with van der Waals surface area (Å²) in [4.78, 5) is 0.322. The van der Waals surface area contributed by atoms with Crippen LogP contribution in [-0.4, -0.2) is 18.2 Å². The van der Waals surface area contributed by atoms with E-state index in [0.717, 1.165) is 10.9 Å². The van der Waals surface area contributed by atoms with E-state index in [1.54, 1.807) is 19.9 Å². The van der Waals surface area contributed by atoms with E-state index in [4.69, 9.17) is 5.73 Å². The summed E-state index contributed by atoms with van der Waals surface area (Å²) in [6.45, 7) is 3.35.